The summed E-state index contributed by atoms with van der Waals surface area (Å²) < 4.78 is 21.6. The fourth-order valence-electron chi connectivity index (χ4n) is 2.89. The normalized spacial score (nSPS) is 24.5. The second-order valence-corrected chi connectivity index (χ2v) is 7.84. The van der Waals surface area contributed by atoms with E-state index in [1.165, 1.54) is 10.5 Å². The van der Waals surface area contributed by atoms with Crippen LogP contribution in [0.2, 0.25) is 5.32 Å². The Kier molecular flexibility index (Phi) is 4.94. The molecule has 2 aromatic rings. The van der Waals surface area contributed by atoms with Crippen molar-refractivity contribution in [2.45, 2.75) is 17.3 Å². The third kappa shape index (κ3) is 3.26. The molecule has 0 radical (unpaired) electrons. The van der Waals surface area contributed by atoms with Crippen LogP contribution < -0.4 is 4.46 Å². The Morgan fingerprint density at radius 3 is 2.55 bits per heavy atom. The van der Waals surface area contributed by atoms with E-state index in [9.17, 15) is 9.50 Å². The van der Waals surface area contributed by atoms with Crippen LogP contribution >= 0.6 is 0 Å². The van der Waals surface area contributed by atoms with Gasteiger partial charge in [0.05, 0.1) is 0 Å². The van der Waals surface area contributed by atoms with Gasteiger partial charge in [-0.15, -0.1) is 0 Å². The number of hydrogen-bond acceptors (Lipinski definition) is 2. The summed E-state index contributed by atoms with van der Waals surface area (Å²) in [5.41, 5.74) is 0.0259. The van der Waals surface area contributed by atoms with Gasteiger partial charge in [0.1, 0.15) is 0 Å². The van der Waals surface area contributed by atoms with Crippen LogP contribution in [-0.2, 0) is 10.3 Å². The van der Waals surface area contributed by atoms with Gasteiger partial charge in [-0.1, -0.05) is 0 Å². The summed E-state index contributed by atoms with van der Waals surface area (Å²) in [7, 11) is 0. The number of halogens is 1. The van der Waals surface area contributed by atoms with Gasteiger partial charge in [0.15, 0.2) is 0 Å². The molecule has 1 heterocycles. The van der Waals surface area contributed by atoms with Crippen molar-refractivity contribution >= 4 is 19.4 Å². The molecule has 1 fully saturated rings. The monoisotopic (exact) mass is 366 g/mol. The predicted molar refractivity (Wildman–Crippen MR) is 85.9 cm³/mol. The molecule has 0 spiro atoms. The molecule has 0 saturated carbocycles. The molecule has 0 amide bonds. The molecule has 4 heteroatoms. The zero-order valence-electron chi connectivity index (χ0n) is 12.2. The van der Waals surface area contributed by atoms with Crippen molar-refractivity contribution in [3.63, 3.8) is 0 Å². The summed E-state index contributed by atoms with van der Waals surface area (Å²) in [6.45, 7) is 0.588. The van der Waals surface area contributed by atoms with Crippen LogP contribution in [0.3, 0.4) is 0 Å². The Bertz CT molecular complexity index is 619. The first-order valence-corrected chi connectivity index (χ1v) is 9.48. The van der Waals surface area contributed by atoms with E-state index in [0.717, 1.165) is 5.32 Å². The van der Waals surface area contributed by atoms with Crippen molar-refractivity contribution in [3.05, 3.63) is 66.0 Å². The van der Waals surface area contributed by atoms with E-state index < -0.39 is 5.60 Å². The van der Waals surface area contributed by atoms with Gasteiger partial charge in [-0.3, -0.25) is 0 Å². The van der Waals surface area contributed by atoms with E-state index in [1.54, 1.807) is 6.07 Å². The molecule has 0 bridgehead atoms. The third-order valence-electron chi connectivity index (χ3n) is 4.05. The molecule has 0 aromatic heterocycles. The molecule has 3 rings (SSSR count). The van der Waals surface area contributed by atoms with Crippen LogP contribution in [0.5, 0.6) is 0 Å². The van der Waals surface area contributed by atoms with E-state index in [1.807, 2.05) is 30.3 Å². The summed E-state index contributed by atoms with van der Waals surface area (Å²) in [5.74, 6) is -0.129. The molecule has 116 valence electrons. The first-order chi connectivity index (χ1) is 10.7. The summed E-state index contributed by atoms with van der Waals surface area (Å²) in [4.78, 5) is 0. The molecule has 22 heavy (non-hydrogen) atoms. The average Bonchev–Trinajstić information content (AvgIpc) is 2.99. The van der Waals surface area contributed by atoms with Crippen molar-refractivity contribution in [1.29, 1.82) is 0 Å². The maximum atomic E-state index is 14.3. The molecule has 2 aromatic carbocycles. The quantitative estimate of drug-likeness (QED) is 0.826. The number of aliphatic hydroxyl groups is 1. The van der Waals surface area contributed by atoms with Crippen LogP contribution in [0.1, 0.15) is 12.0 Å². The molecule has 1 aliphatic heterocycles. The molecule has 0 aliphatic carbocycles. The van der Waals surface area contributed by atoms with Crippen molar-refractivity contribution in [2.75, 3.05) is 13.2 Å². The second-order valence-electron chi connectivity index (χ2n) is 5.64. The minimum atomic E-state index is -0.603. The molecule has 1 aliphatic rings. The standard InChI is InChI=1S/C18H19FO2Se/c19-17-9-5-4-8-16(17)18(10-14(11-20)12-21-18)13-22-15-6-2-1-3-7-15/h1-9,14,20H,10-13H2/t14-,18+/m1/s1. The zero-order valence-corrected chi connectivity index (χ0v) is 14.0. The number of hydrogen-bond donors (Lipinski definition) is 1. The van der Waals surface area contributed by atoms with Gasteiger partial charge in [0, 0.05) is 0 Å². The van der Waals surface area contributed by atoms with Crippen LogP contribution in [0.4, 0.5) is 4.39 Å². The van der Waals surface area contributed by atoms with Crippen molar-refractivity contribution in [1.82, 2.24) is 0 Å². The van der Waals surface area contributed by atoms with Gasteiger partial charge in [-0.25, -0.2) is 0 Å². The fraction of sp³-hybridized carbons (Fsp3) is 0.333. The molecule has 2 atom stereocenters. The number of benzene rings is 2. The second kappa shape index (κ2) is 6.93. The van der Waals surface area contributed by atoms with Crippen molar-refractivity contribution in [3.8, 4) is 0 Å². The topological polar surface area (TPSA) is 29.5 Å². The predicted octanol–water partition coefficient (Wildman–Crippen LogP) is 2.50. The number of ether oxygens (including phenoxy) is 1. The van der Waals surface area contributed by atoms with Gasteiger partial charge in [0.2, 0.25) is 0 Å². The Hall–Kier alpha value is -1.19. The molecular formula is C18H19FO2Se. The van der Waals surface area contributed by atoms with Crippen LogP contribution in [0.25, 0.3) is 0 Å². The molecular weight excluding hydrogens is 346 g/mol. The first-order valence-electron chi connectivity index (χ1n) is 7.41. The van der Waals surface area contributed by atoms with Crippen molar-refractivity contribution < 1.29 is 14.2 Å². The van der Waals surface area contributed by atoms with E-state index >= 15 is 0 Å². The summed E-state index contributed by atoms with van der Waals surface area (Å²) >= 11 is 0.202. The van der Waals surface area contributed by atoms with E-state index in [2.05, 4.69) is 12.1 Å². The van der Waals surface area contributed by atoms with Crippen LogP contribution in [0, 0.1) is 11.7 Å². The molecule has 1 N–H and O–H groups in total. The molecule has 1 saturated heterocycles. The maximum absolute atomic E-state index is 14.3. The average molecular weight is 365 g/mol. The SMILES string of the molecule is OC[C@@H]1CO[C@@](C[Se]c2ccccc2)(c2ccccc2F)C1. The van der Waals surface area contributed by atoms with E-state index in [0.29, 0.717) is 18.6 Å². The van der Waals surface area contributed by atoms with Crippen molar-refractivity contribution in [2.24, 2.45) is 5.92 Å². The van der Waals surface area contributed by atoms with Gasteiger partial charge in [-0.2, -0.15) is 0 Å². The number of rotatable bonds is 5. The molecule has 2 nitrogen and oxygen atoms in total. The van der Waals surface area contributed by atoms with E-state index in [4.69, 9.17) is 4.74 Å². The summed E-state index contributed by atoms with van der Waals surface area (Å²) in [6.07, 6.45) is 0.680. The minimum absolute atomic E-state index is 0.0891. The Balaban J connectivity index is 1.86. The zero-order chi connectivity index (χ0) is 15.4. The Morgan fingerprint density at radius 1 is 1.14 bits per heavy atom. The fourth-order valence-corrected chi connectivity index (χ4v) is 5.21. The van der Waals surface area contributed by atoms with Gasteiger partial charge < -0.3 is 0 Å². The Morgan fingerprint density at radius 2 is 1.86 bits per heavy atom. The molecule has 0 unspecified atom stereocenters. The van der Waals surface area contributed by atoms with Crippen LogP contribution in [0.15, 0.2) is 54.6 Å². The summed E-state index contributed by atoms with van der Waals surface area (Å²) in [5, 5.41) is 10.2. The van der Waals surface area contributed by atoms with Crippen LogP contribution in [-0.4, -0.2) is 33.3 Å². The van der Waals surface area contributed by atoms with E-state index in [-0.39, 0.29) is 33.3 Å². The Labute approximate surface area is 136 Å². The van der Waals surface area contributed by atoms with Gasteiger partial charge in [-0.05, 0) is 0 Å². The third-order valence-corrected chi connectivity index (χ3v) is 6.60. The van der Waals surface area contributed by atoms with Gasteiger partial charge in [0.25, 0.3) is 0 Å². The first kappa shape index (κ1) is 15.7. The number of aliphatic hydroxyl groups excluding tert-OH is 1. The van der Waals surface area contributed by atoms with Gasteiger partial charge >= 0.3 is 136 Å². The summed E-state index contributed by atoms with van der Waals surface area (Å²) in [6, 6.07) is 17.1.